The normalized spacial score (nSPS) is 27.7. The number of benzene rings is 1. The van der Waals surface area contributed by atoms with Crippen molar-refractivity contribution in [2.45, 2.75) is 19.4 Å². The summed E-state index contributed by atoms with van der Waals surface area (Å²) in [5, 5.41) is 5.43. The molecule has 1 saturated heterocycles. The van der Waals surface area contributed by atoms with Crippen LogP contribution in [0.15, 0.2) is 29.4 Å². The van der Waals surface area contributed by atoms with Crippen LogP contribution in [-0.4, -0.2) is 49.3 Å². The van der Waals surface area contributed by atoms with Gasteiger partial charge in [-0.05, 0) is 31.2 Å². The summed E-state index contributed by atoms with van der Waals surface area (Å²) in [6.07, 6.45) is 5.28. The summed E-state index contributed by atoms with van der Waals surface area (Å²) in [6.45, 7) is 1.53. The molecule has 0 unspecified atom stereocenters. The highest BCUT2D eigenvalue weighted by molar-refractivity contribution is 6.31. The number of amides is 2. The molecule has 2 fully saturated rings. The molecule has 1 saturated carbocycles. The first-order chi connectivity index (χ1) is 14.3. The standard InChI is InChI=1S/C21H21ClN2O6/c1-10(21(27)29-3)30-18-13(7-14(22)8-15(18)28-2)9-23-24-19(25)16-11-4-5-12(6-11)17(16)20(24)26/h4-5,7-12,16-17H,6H2,1-3H3/t10-,11+,12+,16-,17+/m1/s1. The first-order valence-corrected chi connectivity index (χ1v) is 9.95. The second-order valence-corrected chi connectivity index (χ2v) is 7.98. The molecule has 0 radical (unpaired) electrons. The maximum Gasteiger partial charge on any atom is 0.346 e. The molecule has 9 heteroatoms. The van der Waals surface area contributed by atoms with E-state index in [2.05, 4.69) is 5.10 Å². The molecule has 5 atom stereocenters. The van der Waals surface area contributed by atoms with Crippen LogP contribution in [0.1, 0.15) is 18.9 Å². The van der Waals surface area contributed by atoms with E-state index in [1.807, 2.05) is 12.2 Å². The second kappa shape index (κ2) is 7.75. The van der Waals surface area contributed by atoms with E-state index in [1.54, 1.807) is 6.07 Å². The fourth-order valence-electron chi connectivity index (χ4n) is 4.47. The van der Waals surface area contributed by atoms with Gasteiger partial charge in [-0.25, -0.2) is 4.79 Å². The smallest absolute Gasteiger partial charge is 0.346 e. The first kappa shape index (κ1) is 20.4. The number of rotatable bonds is 6. The van der Waals surface area contributed by atoms with E-state index in [0.717, 1.165) is 11.4 Å². The SMILES string of the molecule is COC(=O)[C@@H](C)Oc1c(C=NN2C(=O)[C@@H]3[C@H](C2=O)[C@H]2C=C[C@H]3C2)cc(Cl)cc1OC. The van der Waals surface area contributed by atoms with Gasteiger partial charge >= 0.3 is 5.97 Å². The third-order valence-corrected chi connectivity index (χ3v) is 6.07. The van der Waals surface area contributed by atoms with Crippen LogP contribution < -0.4 is 9.47 Å². The predicted octanol–water partition coefficient (Wildman–Crippen LogP) is 2.43. The number of allylic oxidation sites excluding steroid dienone is 2. The van der Waals surface area contributed by atoms with Crippen LogP contribution in [0.3, 0.4) is 0 Å². The molecule has 4 rings (SSSR count). The van der Waals surface area contributed by atoms with E-state index < -0.39 is 12.1 Å². The van der Waals surface area contributed by atoms with Crippen LogP contribution >= 0.6 is 11.6 Å². The number of imide groups is 1. The number of hydrogen-bond donors (Lipinski definition) is 0. The summed E-state index contributed by atoms with van der Waals surface area (Å²) in [6, 6.07) is 3.07. The molecule has 3 aliphatic rings. The fourth-order valence-corrected chi connectivity index (χ4v) is 4.69. The summed E-state index contributed by atoms with van der Waals surface area (Å²) in [5.41, 5.74) is 0.355. The van der Waals surface area contributed by atoms with E-state index in [0.29, 0.717) is 10.6 Å². The number of hydrazone groups is 1. The van der Waals surface area contributed by atoms with E-state index in [1.165, 1.54) is 33.4 Å². The topological polar surface area (TPSA) is 94.5 Å². The molecule has 2 aliphatic carbocycles. The monoisotopic (exact) mass is 432 g/mol. The van der Waals surface area contributed by atoms with E-state index in [-0.39, 0.29) is 47.0 Å². The minimum absolute atomic E-state index is 0.0997. The lowest BCUT2D eigenvalue weighted by Crippen LogP contribution is -2.28. The summed E-state index contributed by atoms with van der Waals surface area (Å²) in [7, 11) is 2.69. The third kappa shape index (κ3) is 3.25. The molecule has 158 valence electrons. The Kier molecular flexibility index (Phi) is 5.27. The van der Waals surface area contributed by atoms with Gasteiger partial charge in [0.05, 0.1) is 32.3 Å². The Labute approximate surface area is 178 Å². The van der Waals surface area contributed by atoms with Crippen molar-refractivity contribution in [1.82, 2.24) is 5.01 Å². The van der Waals surface area contributed by atoms with Crippen molar-refractivity contribution in [1.29, 1.82) is 0 Å². The minimum atomic E-state index is -0.923. The van der Waals surface area contributed by atoms with Gasteiger partial charge in [-0.3, -0.25) is 9.59 Å². The van der Waals surface area contributed by atoms with E-state index >= 15 is 0 Å². The first-order valence-electron chi connectivity index (χ1n) is 9.57. The van der Waals surface area contributed by atoms with Crippen LogP contribution in [-0.2, 0) is 19.1 Å². The van der Waals surface area contributed by atoms with Crippen molar-refractivity contribution in [3.05, 3.63) is 34.9 Å². The van der Waals surface area contributed by atoms with Gasteiger partial charge in [0.1, 0.15) is 0 Å². The summed E-state index contributed by atoms with van der Waals surface area (Å²) in [5.74, 6) is -1.17. The van der Waals surface area contributed by atoms with Crippen molar-refractivity contribution in [2.24, 2.45) is 28.8 Å². The Morgan fingerprint density at radius 3 is 2.40 bits per heavy atom. The van der Waals surface area contributed by atoms with Crippen molar-refractivity contribution in [3.63, 3.8) is 0 Å². The number of carbonyl (C=O) groups is 3. The molecular weight excluding hydrogens is 412 g/mol. The molecule has 30 heavy (non-hydrogen) atoms. The number of hydrogen-bond acceptors (Lipinski definition) is 7. The average molecular weight is 433 g/mol. The van der Waals surface area contributed by atoms with E-state index in [9.17, 15) is 14.4 Å². The molecule has 2 bridgehead atoms. The summed E-state index contributed by atoms with van der Waals surface area (Å²) in [4.78, 5) is 37.4. The number of nitrogens with zero attached hydrogens (tertiary/aromatic N) is 2. The minimum Gasteiger partial charge on any atom is -0.493 e. The zero-order valence-electron chi connectivity index (χ0n) is 16.7. The molecule has 2 amide bonds. The van der Waals surface area contributed by atoms with Gasteiger partial charge in [0.2, 0.25) is 0 Å². The number of ether oxygens (including phenoxy) is 3. The molecule has 1 aromatic rings. The van der Waals surface area contributed by atoms with Crippen molar-refractivity contribution in [3.8, 4) is 11.5 Å². The highest BCUT2D eigenvalue weighted by Gasteiger charge is 2.59. The lowest BCUT2D eigenvalue weighted by molar-refractivity contribution is -0.148. The fraction of sp³-hybridized carbons (Fsp3) is 0.429. The molecule has 0 spiro atoms. The number of halogens is 1. The van der Waals surface area contributed by atoms with Crippen LogP contribution in [0.5, 0.6) is 11.5 Å². The van der Waals surface area contributed by atoms with Crippen molar-refractivity contribution in [2.75, 3.05) is 14.2 Å². The largest absolute Gasteiger partial charge is 0.493 e. The van der Waals surface area contributed by atoms with Crippen LogP contribution in [0.2, 0.25) is 5.02 Å². The number of fused-ring (bicyclic) bond motifs is 5. The molecule has 1 heterocycles. The van der Waals surface area contributed by atoms with Gasteiger partial charge < -0.3 is 14.2 Å². The predicted molar refractivity (Wildman–Crippen MR) is 107 cm³/mol. The van der Waals surface area contributed by atoms with Gasteiger partial charge in [-0.1, -0.05) is 23.8 Å². The van der Waals surface area contributed by atoms with Gasteiger partial charge in [-0.2, -0.15) is 10.1 Å². The number of methoxy groups -OCH3 is 2. The highest BCUT2D eigenvalue weighted by atomic mass is 35.5. The van der Waals surface area contributed by atoms with Gasteiger partial charge in [0.25, 0.3) is 11.8 Å². The average Bonchev–Trinajstić information content (AvgIpc) is 3.41. The third-order valence-electron chi connectivity index (χ3n) is 5.86. The Balaban J connectivity index is 1.63. The van der Waals surface area contributed by atoms with Crippen LogP contribution in [0.4, 0.5) is 0 Å². The van der Waals surface area contributed by atoms with Gasteiger partial charge in [0, 0.05) is 16.7 Å². The Bertz CT molecular complexity index is 944. The maximum atomic E-state index is 12.8. The van der Waals surface area contributed by atoms with E-state index in [4.69, 9.17) is 25.8 Å². The molecule has 1 aliphatic heterocycles. The molecule has 8 nitrogen and oxygen atoms in total. The molecule has 0 aromatic heterocycles. The van der Waals surface area contributed by atoms with Crippen molar-refractivity contribution >= 4 is 35.6 Å². The maximum absolute atomic E-state index is 12.8. The second-order valence-electron chi connectivity index (χ2n) is 7.54. The highest BCUT2D eigenvalue weighted by Crippen LogP contribution is 2.52. The molecular formula is C21H21ClN2O6. The zero-order valence-corrected chi connectivity index (χ0v) is 17.5. The summed E-state index contributed by atoms with van der Waals surface area (Å²) < 4.78 is 15.7. The quantitative estimate of drug-likeness (QED) is 0.296. The number of carbonyl (C=O) groups excluding carboxylic acids is 3. The zero-order chi connectivity index (χ0) is 21.6. The van der Waals surface area contributed by atoms with Crippen molar-refractivity contribution < 1.29 is 28.6 Å². The Hall–Kier alpha value is -2.87. The molecule has 1 aromatic carbocycles. The van der Waals surface area contributed by atoms with Gasteiger partial charge in [-0.15, -0.1) is 0 Å². The lowest BCUT2D eigenvalue weighted by Gasteiger charge is -2.18. The Morgan fingerprint density at radius 1 is 1.20 bits per heavy atom. The molecule has 0 N–H and O–H groups in total. The van der Waals surface area contributed by atoms with Gasteiger partial charge in [0.15, 0.2) is 17.6 Å². The van der Waals surface area contributed by atoms with Crippen LogP contribution in [0.25, 0.3) is 0 Å². The van der Waals surface area contributed by atoms with Crippen LogP contribution in [0, 0.1) is 23.7 Å². The number of esters is 1. The summed E-state index contributed by atoms with van der Waals surface area (Å²) >= 11 is 6.16. The lowest BCUT2D eigenvalue weighted by atomic mass is 9.85. The Morgan fingerprint density at radius 2 is 1.83 bits per heavy atom.